The predicted octanol–water partition coefficient (Wildman–Crippen LogP) is 4.45. The summed E-state index contributed by atoms with van der Waals surface area (Å²) >= 11 is 0. The van der Waals surface area contributed by atoms with E-state index in [0.717, 1.165) is 30.0 Å². The third-order valence-corrected chi connectivity index (χ3v) is 5.48. The molecule has 0 fully saturated rings. The summed E-state index contributed by atoms with van der Waals surface area (Å²) in [4.78, 5) is 2.28. The largest absolute Gasteiger partial charge is 0.493 e. The van der Waals surface area contributed by atoms with Gasteiger partial charge in [-0.25, -0.2) is 0 Å². The molecule has 7 heteroatoms. The van der Waals surface area contributed by atoms with E-state index in [0.29, 0.717) is 48.9 Å². The summed E-state index contributed by atoms with van der Waals surface area (Å²) in [5, 5.41) is 17.9. The van der Waals surface area contributed by atoms with Gasteiger partial charge in [0.15, 0.2) is 11.5 Å². The van der Waals surface area contributed by atoms with Gasteiger partial charge in [0.05, 0.1) is 37.5 Å². The Morgan fingerprint density at radius 2 is 1.17 bits per heavy atom. The SMILES string of the molecule is COc1ccc(CCN(CCOc2ccc(C#N)cc2)CCOc2ccc(C#N)cc2)cc1OC. The fourth-order valence-electron chi connectivity index (χ4n) is 3.50. The highest BCUT2D eigenvalue weighted by Crippen LogP contribution is 2.27. The van der Waals surface area contributed by atoms with E-state index < -0.39 is 0 Å². The number of hydrogen-bond acceptors (Lipinski definition) is 7. The molecule has 0 aromatic heterocycles. The second kappa shape index (κ2) is 13.5. The maximum absolute atomic E-state index is 8.95. The standard InChI is InChI=1S/C28H29N3O4/c1-32-27-12-7-22(19-28(27)33-2)13-14-31(15-17-34-25-8-3-23(20-29)4-9-25)16-18-35-26-10-5-24(21-30)6-11-26/h3-12,19H,13-18H2,1-2H3. The van der Waals surface area contributed by atoms with Crippen molar-refractivity contribution in [2.45, 2.75) is 6.42 Å². The Labute approximate surface area is 206 Å². The van der Waals surface area contributed by atoms with E-state index in [9.17, 15) is 0 Å². The van der Waals surface area contributed by atoms with E-state index in [1.807, 2.05) is 18.2 Å². The molecule has 35 heavy (non-hydrogen) atoms. The van der Waals surface area contributed by atoms with Gasteiger partial charge in [-0.2, -0.15) is 10.5 Å². The molecular formula is C28H29N3O4. The van der Waals surface area contributed by atoms with Crippen LogP contribution in [0, 0.1) is 22.7 Å². The van der Waals surface area contributed by atoms with Crippen LogP contribution >= 0.6 is 0 Å². The average Bonchev–Trinajstić information content (AvgIpc) is 2.91. The topological polar surface area (TPSA) is 87.7 Å². The minimum absolute atomic E-state index is 0.509. The number of ether oxygens (including phenoxy) is 4. The second-order valence-electron chi connectivity index (χ2n) is 7.75. The molecular weight excluding hydrogens is 442 g/mol. The Morgan fingerprint density at radius 3 is 1.63 bits per heavy atom. The molecule has 0 aliphatic heterocycles. The van der Waals surface area contributed by atoms with Crippen LogP contribution in [0.4, 0.5) is 0 Å². The Morgan fingerprint density at radius 1 is 0.657 bits per heavy atom. The fourth-order valence-corrected chi connectivity index (χ4v) is 3.50. The summed E-state index contributed by atoms with van der Waals surface area (Å²) in [7, 11) is 3.26. The molecule has 0 aliphatic carbocycles. The lowest BCUT2D eigenvalue weighted by atomic mass is 10.1. The van der Waals surface area contributed by atoms with Gasteiger partial charge in [0, 0.05) is 19.6 Å². The summed E-state index contributed by atoms with van der Waals surface area (Å²) in [6, 6.07) is 24.4. The van der Waals surface area contributed by atoms with Gasteiger partial charge in [0.25, 0.3) is 0 Å². The lowest BCUT2D eigenvalue weighted by molar-refractivity contribution is 0.178. The van der Waals surface area contributed by atoms with Gasteiger partial charge in [-0.05, 0) is 72.6 Å². The number of nitrogens with zero attached hydrogens (tertiary/aromatic N) is 3. The second-order valence-corrected chi connectivity index (χ2v) is 7.75. The first-order chi connectivity index (χ1) is 17.1. The van der Waals surface area contributed by atoms with Gasteiger partial charge in [-0.15, -0.1) is 0 Å². The van der Waals surface area contributed by atoms with Crippen molar-refractivity contribution in [3.05, 3.63) is 83.4 Å². The summed E-state index contributed by atoms with van der Waals surface area (Å²) in [6.07, 6.45) is 0.827. The molecule has 7 nitrogen and oxygen atoms in total. The third-order valence-electron chi connectivity index (χ3n) is 5.48. The summed E-state index contributed by atoms with van der Waals surface area (Å²) < 4.78 is 22.5. The van der Waals surface area contributed by atoms with E-state index in [4.69, 9.17) is 29.5 Å². The van der Waals surface area contributed by atoms with Crippen molar-refractivity contribution < 1.29 is 18.9 Å². The van der Waals surface area contributed by atoms with Gasteiger partial charge in [-0.1, -0.05) is 6.07 Å². The third kappa shape index (κ3) is 7.96. The number of benzene rings is 3. The lowest BCUT2D eigenvalue weighted by Crippen LogP contribution is -2.34. The Bertz CT molecular complexity index is 1090. The zero-order valence-corrected chi connectivity index (χ0v) is 20.1. The van der Waals surface area contributed by atoms with Crippen LogP contribution in [-0.4, -0.2) is 52.0 Å². The van der Waals surface area contributed by atoms with Gasteiger partial charge in [0.1, 0.15) is 24.7 Å². The van der Waals surface area contributed by atoms with Gasteiger partial charge in [-0.3, -0.25) is 4.90 Å². The molecule has 0 radical (unpaired) electrons. The highest BCUT2D eigenvalue weighted by Gasteiger charge is 2.10. The van der Waals surface area contributed by atoms with Crippen molar-refractivity contribution in [2.75, 3.05) is 47.1 Å². The van der Waals surface area contributed by atoms with Gasteiger partial charge >= 0.3 is 0 Å². The van der Waals surface area contributed by atoms with Crippen molar-refractivity contribution in [1.82, 2.24) is 4.90 Å². The Hall–Kier alpha value is -4.20. The summed E-state index contributed by atoms with van der Waals surface area (Å²) in [5.41, 5.74) is 2.36. The average molecular weight is 472 g/mol. The molecule has 0 unspecified atom stereocenters. The molecule has 0 heterocycles. The smallest absolute Gasteiger partial charge is 0.160 e. The van der Waals surface area contributed by atoms with E-state index in [-0.39, 0.29) is 0 Å². The van der Waals surface area contributed by atoms with Crippen molar-refractivity contribution in [1.29, 1.82) is 10.5 Å². The first-order valence-corrected chi connectivity index (χ1v) is 11.3. The molecule has 0 aliphatic rings. The zero-order valence-electron chi connectivity index (χ0n) is 20.1. The summed E-state index contributed by atoms with van der Waals surface area (Å²) in [6.45, 7) is 3.25. The van der Waals surface area contributed by atoms with Gasteiger partial charge in [0.2, 0.25) is 0 Å². The fraction of sp³-hybridized carbons (Fsp3) is 0.286. The number of rotatable bonds is 13. The van der Waals surface area contributed by atoms with Crippen molar-refractivity contribution >= 4 is 0 Å². The monoisotopic (exact) mass is 471 g/mol. The highest BCUT2D eigenvalue weighted by atomic mass is 16.5. The van der Waals surface area contributed by atoms with Gasteiger partial charge < -0.3 is 18.9 Å². The minimum atomic E-state index is 0.509. The van der Waals surface area contributed by atoms with E-state index in [1.54, 1.807) is 62.8 Å². The first-order valence-electron chi connectivity index (χ1n) is 11.3. The van der Waals surface area contributed by atoms with Crippen LogP contribution < -0.4 is 18.9 Å². The Balaban J connectivity index is 1.57. The minimum Gasteiger partial charge on any atom is -0.493 e. The molecule has 3 rings (SSSR count). The molecule has 0 spiro atoms. The zero-order chi connectivity index (χ0) is 24.9. The van der Waals surface area contributed by atoms with Crippen LogP contribution in [0.15, 0.2) is 66.7 Å². The van der Waals surface area contributed by atoms with Crippen LogP contribution in [0.25, 0.3) is 0 Å². The number of hydrogen-bond donors (Lipinski definition) is 0. The van der Waals surface area contributed by atoms with Crippen LogP contribution in [0.1, 0.15) is 16.7 Å². The molecule has 0 saturated heterocycles. The van der Waals surface area contributed by atoms with E-state index >= 15 is 0 Å². The van der Waals surface area contributed by atoms with Crippen LogP contribution in [0.2, 0.25) is 0 Å². The first kappa shape index (κ1) is 25.4. The highest BCUT2D eigenvalue weighted by molar-refractivity contribution is 5.43. The number of methoxy groups -OCH3 is 2. The summed E-state index contributed by atoms with van der Waals surface area (Å²) in [5.74, 6) is 2.89. The molecule has 0 N–H and O–H groups in total. The molecule has 0 saturated carbocycles. The van der Waals surface area contributed by atoms with Crippen LogP contribution in [-0.2, 0) is 6.42 Å². The predicted molar refractivity (Wildman–Crippen MR) is 133 cm³/mol. The molecule has 0 bridgehead atoms. The molecule has 3 aromatic carbocycles. The van der Waals surface area contributed by atoms with Crippen LogP contribution in [0.3, 0.4) is 0 Å². The maximum atomic E-state index is 8.95. The van der Waals surface area contributed by atoms with E-state index in [2.05, 4.69) is 17.0 Å². The number of nitriles is 2. The van der Waals surface area contributed by atoms with Crippen molar-refractivity contribution in [2.24, 2.45) is 0 Å². The quantitative estimate of drug-likeness (QED) is 0.364. The normalized spacial score (nSPS) is 10.3. The molecule has 180 valence electrons. The molecule has 0 atom stereocenters. The molecule has 3 aromatic rings. The molecule has 0 amide bonds. The van der Waals surface area contributed by atoms with Crippen LogP contribution in [0.5, 0.6) is 23.0 Å². The Kier molecular flexibility index (Phi) is 9.80. The van der Waals surface area contributed by atoms with E-state index in [1.165, 1.54) is 0 Å². The van der Waals surface area contributed by atoms with Crippen molar-refractivity contribution in [3.8, 4) is 35.1 Å². The maximum Gasteiger partial charge on any atom is 0.160 e. The van der Waals surface area contributed by atoms with Crippen molar-refractivity contribution in [3.63, 3.8) is 0 Å². The lowest BCUT2D eigenvalue weighted by Gasteiger charge is -2.23.